The first-order chi connectivity index (χ1) is 14.2. The molecule has 154 valence electrons. The van der Waals surface area contributed by atoms with Gasteiger partial charge >= 0.3 is 0 Å². The second kappa shape index (κ2) is 7.90. The number of piperidine rings is 1. The van der Waals surface area contributed by atoms with E-state index in [-0.39, 0.29) is 5.41 Å². The molecule has 1 atom stereocenters. The zero-order valence-electron chi connectivity index (χ0n) is 16.9. The zero-order chi connectivity index (χ0) is 19.7. The third kappa shape index (κ3) is 3.82. The van der Waals surface area contributed by atoms with Crippen molar-refractivity contribution in [2.45, 2.75) is 56.3 Å². The molecule has 6 nitrogen and oxygen atoms in total. The topological polar surface area (TPSA) is 68.5 Å². The largest absolute Gasteiger partial charge is 0.381 e. The van der Waals surface area contributed by atoms with Gasteiger partial charge in [-0.15, -0.1) is 0 Å². The molecule has 0 radical (unpaired) electrons. The zero-order valence-corrected chi connectivity index (χ0v) is 16.9. The van der Waals surface area contributed by atoms with Crippen LogP contribution in [0.1, 0.15) is 61.7 Å². The highest BCUT2D eigenvalue weighted by atomic mass is 16.5. The summed E-state index contributed by atoms with van der Waals surface area (Å²) >= 11 is 0. The maximum absolute atomic E-state index is 13.4. The van der Waals surface area contributed by atoms with Crippen LogP contribution < -0.4 is 0 Å². The van der Waals surface area contributed by atoms with Crippen molar-refractivity contribution in [2.24, 2.45) is 5.92 Å². The molecule has 1 aromatic carbocycles. The Morgan fingerprint density at radius 2 is 1.93 bits per heavy atom. The Hall–Kier alpha value is -2.21. The van der Waals surface area contributed by atoms with E-state index in [0.29, 0.717) is 17.7 Å². The minimum Gasteiger partial charge on any atom is -0.381 e. The predicted molar refractivity (Wildman–Crippen MR) is 107 cm³/mol. The maximum atomic E-state index is 13.4. The highest BCUT2D eigenvalue weighted by molar-refractivity contribution is 5.91. The van der Waals surface area contributed by atoms with Crippen molar-refractivity contribution in [1.82, 2.24) is 15.0 Å². The summed E-state index contributed by atoms with van der Waals surface area (Å²) in [6.07, 6.45) is 6.78. The summed E-state index contributed by atoms with van der Waals surface area (Å²) < 4.78 is 11.0. The van der Waals surface area contributed by atoms with Gasteiger partial charge in [-0.05, 0) is 50.0 Å². The Labute approximate surface area is 171 Å². The van der Waals surface area contributed by atoms with Gasteiger partial charge in [0, 0.05) is 38.6 Å². The van der Waals surface area contributed by atoms with E-state index in [2.05, 4.69) is 27.2 Å². The number of carbonyl (C=O) groups excluding carboxylic acids is 1. The SMILES string of the molecule is O=C(N1CCCC(Cc2nc(C3CCOCC3)no2)C1)C1(c2ccccc2)CC1. The van der Waals surface area contributed by atoms with Crippen LogP contribution in [-0.4, -0.2) is 47.3 Å². The van der Waals surface area contributed by atoms with E-state index in [1.54, 1.807) is 0 Å². The van der Waals surface area contributed by atoms with E-state index < -0.39 is 0 Å². The van der Waals surface area contributed by atoms with Crippen LogP contribution in [-0.2, 0) is 21.4 Å². The van der Waals surface area contributed by atoms with Crippen LogP contribution in [0.3, 0.4) is 0 Å². The molecule has 5 rings (SSSR count). The molecule has 2 aromatic rings. The monoisotopic (exact) mass is 395 g/mol. The van der Waals surface area contributed by atoms with Crippen molar-refractivity contribution in [3.8, 4) is 0 Å². The van der Waals surface area contributed by atoms with Gasteiger partial charge in [0.15, 0.2) is 5.82 Å². The normalized spacial score (nSPS) is 24.4. The standard InChI is InChI=1S/C23H29N3O3/c27-22(23(10-11-23)19-6-2-1-3-7-19)26-12-4-5-17(16-26)15-20-24-21(25-29-20)18-8-13-28-14-9-18/h1-3,6-7,17-18H,4-5,8-16H2. The summed E-state index contributed by atoms with van der Waals surface area (Å²) in [7, 11) is 0. The van der Waals surface area contributed by atoms with Crippen LogP contribution in [0.5, 0.6) is 0 Å². The Bertz CT molecular complexity index is 840. The number of benzene rings is 1. The second-order valence-electron chi connectivity index (χ2n) is 8.84. The number of carbonyl (C=O) groups is 1. The lowest BCUT2D eigenvalue weighted by Crippen LogP contribution is -2.45. The molecule has 3 heterocycles. The number of nitrogens with zero attached hydrogens (tertiary/aromatic N) is 3. The first kappa shape index (κ1) is 18.8. The van der Waals surface area contributed by atoms with E-state index in [1.165, 1.54) is 5.56 Å². The predicted octanol–water partition coefficient (Wildman–Crippen LogP) is 3.48. The molecule has 2 saturated heterocycles. The van der Waals surface area contributed by atoms with E-state index in [0.717, 1.165) is 83.0 Å². The van der Waals surface area contributed by atoms with Gasteiger partial charge in [0.1, 0.15) is 0 Å². The molecule has 6 heteroatoms. The molecule has 1 unspecified atom stereocenters. The van der Waals surface area contributed by atoms with Gasteiger partial charge in [-0.3, -0.25) is 4.79 Å². The fraction of sp³-hybridized carbons (Fsp3) is 0.609. The molecule has 3 fully saturated rings. The molecular weight excluding hydrogens is 366 g/mol. The number of rotatable bonds is 5. The van der Waals surface area contributed by atoms with Gasteiger partial charge in [0.25, 0.3) is 0 Å². The van der Waals surface area contributed by atoms with Crippen LogP contribution in [0.25, 0.3) is 0 Å². The Morgan fingerprint density at radius 1 is 1.14 bits per heavy atom. The second-order valence-corrected chi connectivity index (χ2v) is 8.84. The summed E-state index contributed by atoms with van der Waals surface area (Å²) in [5, 5.41) is 4.23. The van der Waals surface area contributed by atoms with Crippen LogP contribution in [0.4, 0.5) is 0 Å². The van der Waals surface area contributed by atoms with Gasteiger partial charge in [-0.1, -0.05) is 35.5 Å². The van der Waals surface area contributed by atoms with Crippen LogP contribution in [0, 0.1) is 5.92 Å². The highest BCUT2D eigenvalue weighted by Crippen LogP contribution is 2.50. The number of amides is 1. The molecule has 2 aliphatic heterocycles. The summed E-state index contributed by atoms with van der Waals surface area (Å²) in [6.45, 7) is 3.21. The molecule has 1 aliphatic carbocycles. The lowest BCUT2D eigenvalue weighted by atomic mass is 9.90. The number of hydrogen-bond acceptors (Lipinski definition) is 5. The van der Waals surface area contributed by atoms with Gasteiger partial charge in [-0.25, -0.2) is 0 Å². The van der Waals surface area contributed by atoms with Gasteiger partial charge < -0.3 is 14.2 Å². The smallest absolute Gasteiger partial charge is 0.233 e. The van der Waals surface area contributed by atoms with Crippen molar-refractivity contribution in [3.05, 3.63) is 47.6 Å². The van der Waals surface area contributed by atoms with E-state index in [4.69, 9.17) is 9.26 Å². The molecule has 1 saturated carbocycles. The van der Waals surface area contributed by atoms with Crippen molar-refractivity contribution in [2.75, 3.05) is 26.3 Å². The molecule has 29 heavy (non-hydrogen) atoms. The number of likely N-dealkylation sites (tertiary alicyclic amines) is 1. The van der Waals surface area contributed by atoms with E-state index in [9.17, 15) is 4.79 Å². The quantitative estimate of drug-likeness (QED) is 0.775. The molecule has 1 aromatic heterocycles. The van der Waals surface area contributed by atoms with Gasteiger partial charge in [-0.2, -0.15) is 4.98 Å². The van der Waals surface area contributed by atoms with E-state index >= 15 is 0 Å². The Kier molecular flexibility index (Phi) is 5.12. The maximum Gasteiger partial charge on any atom is 0.233 e. The van der Waals surface area contributed by atoms with Crippen molar-refractivity contribution < 1.29 is 14.1 Å². The average molecular weight is 396 g/mol. The first-order valence-corrected chi connectivity index (χ1v) is 11.0. The van der Waals surface area contributed by atoms with Crippen LogP contribution in [0.15, 0.2) is 34.9 Å². The lowest BCUT2D eigenvalue weighted by molar-refractivity contribution is -0.135. The number of aromatic nitrogens is 2. The number of hydrogen-bond donors (Lipinski definition) is 0. The van der Waals surface area contributed by atoms with Crippen molar-refractivity contribution in [3.63, 3.8) is 0 Å². The molecule has 0 bridgehead atoms. The van der Waals surface area contributed by atoms with Crippen molar-refractivity contribution in [1.29, 1.82) is 0 Å². The average Bonchev–Trinajstić information content (AvgIpc) is 3.47. The minimum absolute atomic E-state index is 0.274. The molecule has 0 spiro atoms. The summed E-state index contributed by atoms with van der Waals surface area (Å²) in [4.78, 5) is 20.1. The lowest BCUT2D eigenvalue weighted by Gasteiger charge is -2.35. The fourth-order valence-corrected chi connectivity index (χ4v) is 4.95. The fourth-order valence-electron chi connectivity index (χ4n) is 4.95. The third-order valence-electron chi connectivity index (χ3n) is 6.83. The minimum atomic E-state index is -0.274. The highest BCUT2D eigenvalue weighted by Gasteiger charge is 2.53. The Balaban J connectivity index is 1.22. The van der Waals surface area contributed by atoms with Gasteiger partial charge in [0.05, 0.1) is 5.41 Å². The summed E-state index contributed by atoms with van der Waals surface area (Å²) in [6, 6.07) is 10.3. The molecule has 1 amide bonds. The Morgan fingerprint density at radius 3 is 2.69 bits per heavy atom. The molecule has 0 N–H and O–H groups in total. The summed E-state index contributed by atoms with van der Waals surface area (Å²) in [5.74, 6) is 2.60. The third-order valence-corrected chi connectivity index (χ3v) is 6.83. The van der Waals surface area contributed by atoms with E-state index in [1.807, 2.05) is 18.2 Å². The molecule has 3 aliphatic rings. The van der Waals surface area contributed by atoms with Crippen LogP contribution >= 0.6 is 0 Å². The van der Waals surface area contributed by atoms with Crippen LogP contribution in [0.2, 0.25) is 0 Å². The molecular formula is C23H29N3O3. The first-order valence-electron chi connectivity index (χ1n) is 11.0. The number of ether oxygens (including phenoxy) is 1. The van der Waals surface area contributed by atoms with Gasteiger partial charge in [0.2, 0.25) is 11.8 Å². The van der Waals surface area contributed by atoms with Crippen molar-refractivity contribution >= 4 is 5.91 Å². The summed E-state index contributed by atoms with van der Waals surface area (Å²) in [5.41, 5.74) is 0.897.